The summed E-state index contributed by atoms with van der Waals surface area (Å²) in [4.78, 5) is 52.4. The Kier molecular flexibility index (Phi) is 5.88. The molecule has 0 heterocycles. The number of rotatable bonds is 8. The smallest absolute Gasteiger partial charge is 0.344 e. The van der Waals surface area contributed by atoms with Crippen LogP contribution in [-0.2, 0) is 18.9 Å². The average molecular weight is 312 g/mol. The highest BCUT2D eigenvalue weighted by Crippen LogP contribution is 2.59. The second-order valence-electron chi connectivity index (χ2n) is 4.41. The van der Waals surface area contributed by atoms with Gasteiger partial charge in [0, 0.05) is 0 Å². The molecule has 3 unspecified atom stereocenters. The Bertz CT molecular complexity index is 454. The molecule has 0 aromatic heterocycles. The van der Waals surface area contributed by atoms with Gasteiger partial charge in [-0.1, -0.05) is 20.3 Å². The maximum Gasteiger partial charge on any atom is 0.344 e. The van der Waals surface area contributed by atoms with Crippen LogP contribution in [0.2, 0.25) is 0 Å². The Morgan fingerprint density at radius 1 is 1.10 bits per heavy atom. The van der Waals surface area contributed by atoms with Crippen LogP contribution in [0.25, 0.3) is 0 Å². The maximum absolute atomic E-state index is 11.6. The molecule has 9 nitrogen and oxygen atoms in total. The number of carbonyl (C=O) groups is 3. The normalized spacial score (nSPS) is 17.8. The molecule has 0 aromatic carbocycles. The Morgan fingerprint density at radius 3 is 1.75 bits per heavy atom. The van der Waals surface area contributed by atoms with E-state index in [1.807, 2.05) is 0 Å². The molecule has 0 aliphatic heterocycles. The van der Waals surface area contributed by atoms with Gasteiger partial charge in [-0.25, -0.2) is 0 Å². The largest absolute Gasteiger partial charge is 0.481 e. The van der Waals surface area contributed by atoms with Crippen molar-refractivity contribution in [3.8, 4) is 0 Å². The maximum atomic E-state index is 11.6. The first-order valence-corrected chi connectivity index (χ1v) is 7.30. The van der Waals surface area contributed by atoms with Crippen LogP contribution in [-0.4, -0.2) is 48.2 Å². The van der Waals surface area contributed by atoms with E-state index in [1.54, 1.807) is 0 Å². The standard InChI is InChI=1S/C10H17O9P/c1-3-4-6(8(13)14)10(9(15)16,20(17,18)19)5(2)7(11)12/h5-6H,3-4H2,1-2H3,(H,11,12)(H,13,14)(H,15,16)(H2,17,18,19). The van der Waals surface area contributed by atoms with Gasteiger partial charge in [0.1, 0.15) is 0 Å². The van der Waals surface area contributed by atoms with E-state index in [0.29, 0.717) is 0 Å². The Morgan fingerprint density at radius 2 is 1.55 bits per heavy atom. The molecule has 0 spiro atoms. The molecule has 0 fully saturated rings. The summed E-state index contributed by atoms with van der Waals surface area (Å²) in [5.41, 5.74) is 0. The fraction of sp³-hybridized carbons (Fsp3) is 0.700. The zero-order valence-electron chi connectivity index (χ0n) is 10.9. The Labute approximate surface area is 114 Å². The van der Waals surface area contributed by atoms with Gasteiger partial charge in [-0.2, -0.15) is 0 Å². The van der Waals surface area contributed by atoms with Crippen LogP contribution in [0, 0.1) is 11.8 Å². The van der Waals surface area contributed by atoms with Gasteiger partial charge in [-0.15, -0.1) is 0 Å². The third-order valence-electron chi connectivity index (χ3n) is 3.26. The molecule has 0 bridgehead atoms. The van der Waals surface area contributed by atoms with E-state index in [1.165, 1.54) is 6.92 Å². The lowest BCUT2D eigenvalue weighted by atomic mass is 9.79. The predicted octanol–water partition coefficient (Wildman–Crippen LogP) is 0.209. The van der Waals surface area contributed by atoms with E-state index in [4.69, 9.17) is 10.2 Å². The zero-order valence-corrected chi connectivity index (χ0v) is 11.8. The molecule has 0 radical (unpaired) electrons. The first-order valence-electron chi connectivity index (χ1n) is 5.69. The molecule has 0 saturated carbocycles. The van der Waals surface area contributed by atoms with Crippen molar-refractivity contribution in [2.75, 3.05) is 0 Å². The minimum Gasteiger partial charge on any atom is -0.481 e. The lowest BCUT2D eigenvalue weighted by molar-refractivity contribution is -0.160. The summed E-state index contributed by atoms with van der Waals surface area (Å²) >= 11 is 0. The van der Waals surface area contributed by atoms with Crippen LogP contribution in [0.5, 0.6) is 0 Å². The molecule has 20 heavy (non-hydrogen) atoms. The topological polar surface area (TPSA) is 169 Å². The molecule has 3 atom stereocenters. The molecule has 0 aromatic rings. The van der Waals surface area contributed by atoms with Crippen LogP contribution < -0.4 is 0 Å². The summed E-state index contributed by atoms with van der Waals surface area (Å²) in [7, 11) is -5.57. The minimum absolute atomic E-state index is 0.123. The van der Waals surface area contributed by atoms with Gasteiger partial charge in [0.25, 0.3) is 0 Å². The average Bonchev–Trinajstić information content (AvgIpc) is 2.25. The van der Waals surface area contributed by atoms with Gasteiger partial charge in [-0.3, -0.25) is 18.9 Å². The van der Waals surface area contributed by atoms with Gasteiger partial charge in [0.2, 0.25) is 0 Å². The zero-order chi connectivity index (χ0) is 16.3. The summed E-state index contributed by atoms with van der Waals surface area (Å²) in [6, 6.07) is 0. The number of aliphatic carboxylic acids is 3. The summed E-state index contributed by atoms with van der Waals surface area (Å²) in [6.45, 7) is 2.27. The van der Waals surface area contributed by atoms with Gasteiger partial charge in [0.15, 0.2) is 5.16 Å². The van der Waals surface area contributed by atoms with Crippen LogP contribution in [0.3, 0.4) is 0 Å². The first kappa shape index (κ1) is 18.6. The highest BCUT2D eigenvalue weighted by Gasteiger charge is 2.66. The highest BCUT2D eigenvalue weighted by molar-refractivity contribution is 7.55. The van der Waals surface area contributed by atoms with Gasteiger partial charge in [0.05, 0.1) is 11.8 Å². The molecule has 0 rings (SSSR count). The molecule has 0 saturated heterocycles. The summed E-state index contributed by atoms with van der Waals surface area (Å²) in [6.07, 6.45) is -0.247. The van der Waals surface area contributed by atoms with E-state index in [9.17, 15) is 33.8 Å². The molecular formula is C10H17O9P. The minimum atomic E-state index is -5.57. The van der Waals surface area contributed by atoms with Crippen LogP contribution in [0.1, 0.15) is 26.7 Å². The van der Waals surface area contributed by atoms with E-state index in [0.717, 1.165) is 6.92 Å². The van der Waals surface area contributed by atoms with Crippen molar-refractivity contribution >= 4 is 25.5 Å². The monoisotopic (exact) mass is 312 g/mol. The van der Waals surface area contributed by atoms with Crippen molar-refractivity contribution in [1.29, 1.82) is 0 Å². The van der Waals surface area contributed by atoms with Crippen molar-refractivity contribution in [3.05, 3.63) is 0 Å². The quantitative estimate of drug-likeness (QED) is 0.393. The van der Waals surface area contributed by atoms with E-state index in [2.05, 4.69) is 0 Å². The van der Waals surface area contributed by atoms with Gasteiger partial charge < -0.3 is 25.1 Å². The number of carboxylic acid groups (broad SMARTS) is 3. The second-order valence-corrected chi connectivity index (χ2v) is 6.24. The summed E-state index contributed by atoms with van der Waals surface area (Å²) in [5.74, 6) is -9.78. The lowest BCUT2D eigenvalue weighted by Crippen LogP contribution is -2.55. The molecule has 5 N–H and O–H groups in total. The summed E-state index contributed by atoms with van der Waals surface area (Å²) < 4.78 is 11.6. The van der Waals surface area contributed by atoms with Gasteiger partial charge in [-0.05, 0) is 6.42 Å². The fourth-order valence-electron chi connectivity index (χ4n) is 2.22. The van der Waals surface area contributed by atoms with E-state index < -0.39 is 42.5 Å². The molecule has 0 aliphatic rings. The molecule has 0 aliphatic carbocycles. The lowest BCUT2D eigenvalue weighted by Gasteiger charge is -2.37. The molecular weight excluding hydrogens is 295 g/mol. The van der Waals surface area contributed by atoms with Crippen molar-refractivity contribution in [2.24, 2.45) is 11.8 Å². The predicted molar refractivity (Wildman–Crippen MR) is 65.2 cm³/mol. The fourth-order valence-corrected chi connectivity index (χ4v) is 3.73. The summed E-state index contributed by atoms with van der Waals surface area (Å²) in [5, 5.41) is 24.0. The Hall–Kier alpha value is -1.44. The highest BCUT2D eigenvalue weighted by atomic mass is 31.2. The van der Waals surface area contributed by atoms with Crippen LogP contribution in [0.15, 0.2) is 0 Å². The SMILES string of the molecule is CCCC(C(=O)O)C(C(=O)O)(C(C)C(=O)O)P(=O)(O)O. The third-order valence-corrected chi connectivity index (χ3v) is 5.12. The Balaban J connectivity index is 6.41. The van der Waals surface area contributed by atoms with Crippen molar-refractivity contribution in [1.82, 2.24) is 0 Å². The van der Waals surface area contributed by atoms with Crippen LogP contribution in [0.4, 0.5) is 0 Å². The first-order chi connectivity index (χ1) is 8.94. The van der Waals surface area contributed by atoms with Crippen molar-refractivity contribution < 1.29 is 44.1 Å². The van der Waals surface area contributed by atoms with Crippen molar-refractivity contribution in [2.45, 2.75) is 31.8 Å². The molecule has 10 heteroatoms. The van der Waals surface area contributed by atoms with Crippen LogP contribution >= 0.6 is 7.60 Å². The number of hydrogen-bond donors (Lipinski definition) is 5. The third kappa shape index (κ3) is 3.00. The number of hydrogen-bond acceptors (Lipinski definition) is 4. The molecule has 0 amide bonds. The van der Waals surface area contributed by atoms with E-state index in [-0.39, 0.29) is 12.8 Å². The number of carboxylic acids is 3. The molecule has 116 valence electrons. The van der Waals surface area contributed by atoms with Gasteiger partial charge >= 0.3 is 25.5 Å². The van der Waals surface area contributed by atoms with E-state index >= 15 is 0 Å². The van der Waals surface area contributed by atoms with Crippen molar-refractivity contribution in [3.63, 3.8) is 0 Å². The second kappa shape index (κ2) is 6.34.